The Labute approximate surface area is 224 Å². The molecule has 34 heavy (non-hydrogen) atoms. The standard InChI is InChI=1S/C24H15BrCl2N2O3S2/c25-17-7-10-20(32-13-15-3-1-2-4-19(15)27)16(11-17)12-21-23(31)29(24(33)34-21)28-22(30)14-5-8-18(26)9-6-14/h1-12H,13H2,(H,28,30)/b21-12+. The smallest absolute Gasteiger partial charge is 0.285 e. The van der Waals surface area contributed by atoms with Crippen molar-refractivity contribution in [2.24, 2.45) is 0 Å². The van der Waals surface area contributed by atoms with E-state index in [0.29, 0.717) is 31.8 Å². The van der Waals surface area contributed by atoms with E-state index in [1.165, 1.54) is 0 Å². The third kappa shape index (κ3) is 5.82. The SMILES string of the molecule is O=C(NN1C(=O)/C(=C\c2cc(Br)ccc2OCc2ccccc2Cl)SC1=S)c1ccc(Cl)cc1. The summed E-state index contributed by atoms with van der Waals surface area (Å²) in [6, 6.07) is 19.2. The van der Waals surface area contributed by atoms with Crippen LogP contribution >= 0.6 is 63.1 Å². The van der Waals surface area contributed by atoms with Crippen LogP contribution in [0.5, 0.6) is 5.75 Å². The van der Waals surface area contributed by atoms with Crippen LogP contribution in [0.2, 0.25) is 10.0 Å². The zero-order valence-corrected chi connectivity index (χ0v) is 22.0. The molecule has 0 spiro atoms. The second kappa shape index (κ2) is 10.9. The molecule has 172 valence electrons. The summed E-state index contributed by atoms with van der Waals surface area (Å²) in [6.45, 7) is 0.264. The van der Waals surface area contributed by atoms with Crippen molar-refractivity contribution in [3.05, 3.63) is 103 Å². The number of halogens is 3. The maximum Gasteiger partial charge on any atom is 0.285 e. The first-order chi connectivity index (χ1) is 16.3. The van der Waals surface area contributed by atoms with E-state index in [1.54, 1.807) is 42.5 Å². The number of nitrogens with zero attached hydrogens (tertiary/aromatic N) is 1. The highest BCUT2D eigenvalue weighted by Crippen LogP contribution is 2.35. The third-order valence-electron chi connectivity index (χ3n) is 4.71. The molecule has 0 bridgehead atoms. The van der Waals surface area contributed by atoms with Crippen molar-refractivity contribution in [1.29, 1.82) is 0 Å². The van der Waals surface area contributed by atoms with Gasteiger partial charge in [0.15, 0.2) is 4.32 Å². The van der Waals surface area contributed by atoms with Crippen LogP contribution in [0.15, 0.2) is 76.1 Å². The van der Waals surface area contributed by atoms with Crippen molar-refractivity contribution in [3.63, 3.8) is 0 Å². The van der Waals surface area contributed by atoms with Crippen molar-refractivity contribution in [2.75, 3.05) is 0 Å². The van der Waals surface area contributed by atoms with Gasteiger partial charge >= 0.3 is 0 Å². The molecule has 1 aliphatic heterocycles. The number of thiocarbonyl (C=S) groups is 1. The van der Waals surface area contributed by atoms with E-state index < -0.39 is 11.8 Å². The lowest BCUT2D eigenvalue weighted by atomic mass is 10.1. The number of nitrogens with one attached hydrogen (secondary N) is 1. The molecule has 1 heterocycles. The summed E-state index contributed by atoms with van der Waals surface area (Å²) in [5.41, 5.74) is 4.42. The topological polar surface area (TPSA) is 58.6 Å². The highest BCUT2D eigenvalue weighted by atomic mass is 79.9. The van der Waals surface area contributed by atoms with Gasteiger partial charge in [0, 0.05) is 31.2 Å². The van der Waals surface area contributed by atoms with E-state index in [-0.39, 0.29) is 10.9 Å². The fourth-order valence-electron chi connectivity index (χ4n) is 3.01. The molecule has 0 atom stereocenters. The quantitative estimate of drug-likeness (QED) is 0.249. The molecule has 1 fully saturated rings. The average Bonchev–Trinajstić information content (AvgIpc) is 3.07. The number of hydrazine groups is 1. The molecule has 4 rings (SSSR count). The molecule has 3 aromatic carbocycles. The summed E-state index contributed by atoms with van der Waals surface area (Å²) in [5.74, 6) is -0.339. The lowest BCUT2D eigenvalue weighted by Crippen LogP contribution is -2.44. The molecule has 1 aliphatic rings. The zero-order valence-electron chi connectivity index (χ0n) is 17.3. The van der Waals surface area contributed by atoms with Gasteiger partial charge in [0.1, 0.15) is 12.4 Å². The fourth-order valence-corrected chi connectivity index (χ4v) is 4.87. The first kappa shape index (κ1) is 24.8. The maximum atomic E-state index is 13.0. The van der Waals surface area contributed by atoms with E-state index in [1.807, 2.05) is 30.3 Å². The van der Waals surface area contributed by atoms with Crippen LogP contribution in [-0.4, -0.2) is 21.1 Å². The van der Waals surface area contributed by atoms with Crippen molar-refractivity contribution in [2.45, 2.75) is 6.61 Å². The predicted octanol–water partition coefficient (Wildman–Crippen LogP) is 6.88. The molecule has 0 aromatic heterocycles. The van der Waals surface area contributed by atoms with Crippen molar-refractivity contribution in [3.8, 4) is 5.75 Å². The largest absolute Gasteiger partial charge is 0.488 e. The summed E-state index contributed by atoms with van der Waals surface area (Å²) in [5, 5.41) is 2.18. The number of benzene rings is 3. The Morgan fingerprint density at radius 3 is 2.59 bits per heavy atom. The normalized spacial score (nSPS) is 14.6. The molecule has 5 nitrogen and oxygen atoms in total. The van der Waals surface area contributed by atoms with Crippen LogP contribution in [0.3, 0.4) is 0 Å². The number of ether oxygens (including phenoxy) is 1. The predicted molar refractivity (Wildman–Crippen MR) is 144 cm³/mol. The molecule has 0 radical (unpaired) electrons. The van der Waals surface area contributed by atoms with E-state index in [0.717, 1.165) is 26.8 Å². The second-order valence-corrected chi connectivity index (χ2v) is 10.5. The number of rotatable bonds is 6. The summed E-state index contributed by atoms with van der Waals surface area (Å²) in [6.07, 6.45) is 1.68. The fraction of sp³-hybridized carbons (Fsp3) is 0.0417. The van der Waals surface area contributed by atoms with Gasteiger partial charge in [-0.2, -0.15) is 5.01 Å². The Morgan fingerprint density at radius 1 is 1.12 bits per heavy atom. The Kier molecular flexibility index (Phi) is 7.95. The number of carbonyl (C=O) groups excluding carboxylic acids is 2. The number of thioether (sulfide) groups is 1. The molecule has 1 saturated heterocycles. The molecule has 3 aromatic rings. The molecule has 0 unspecified atom stereocenters. The van der Waals surface area contributed by atoms with Crippen LogP contribution in [-0.2, 0) is 11.4 Å². The van der Waals surface area contributed by atoms with Crippen LogP contribution in [0.1, 0.15) is 21.5 Å². The van der Waals surface area contributed by atoms with E-state index in [4.69, 9.17) is 40.2 Å². The lowest BCUT2D eigenvalue weighted by molar-refractivity contribution is -0.123. The van der Waals surface area contributed by atoms with Crippen molar-refractivity contribution < 1.29 is 14.3 Å². The maximum absolute atomic E-state index is 13.0. The molecule has 2 amide bonds. The number of carbonyl (C=O) groups is 2. The molecule has 0 aliphatic carbocycles. The van der Waals surface area contributed by atoms with Crippen molar-refractivity contribution >= 4 is 85.3 Å². The van der Waals surface area contributed by atoms with E-state index in [2.05, 4.69) is 21.4 Å². The Hall–Kier alpha value is -2.36. The molecular formula is C24H15BrCl2N2O3S2. The first-order valence-corrected chi connectivity index (χ1v) is 12.6. The minimum atomic E-state index is -0.472. The summed E-state index contributed by atoms with van der Waals surface area (Å²) >= 11 is 22.0. The number of hydrogen-bond acceptors (Lipinski definition) is 5. The van der Waals surface area contributed by atoms with Gasteiger partial charge in [-0.05, 0) is 66.8 Å². The van der Waals surface area contributed by atoms with Gasteiger partial charge in [0.2, 0.25) is 0 Å². The Balaban J connectivity index is 1.53. The monoisotopic (exact) mass is 592 g/mol. The summed E-state index contributed by atoms with van der Waals surface area (Å²) in [4.78, 5) is 25.9. The van der Waals surface area contributed by atoms with Gasteiger partial charge in [-0.1, -0.05) is 69.1 Å². The molecule has 0 saturated carbocycles. The Morgan fingerprint density at radius 2 is 1.85 bits per heavy atom. The average molecular weight is 594 g/mol. The van der Waals surface area contributed by atoms with Crippen LogP contribution in [0.25, 0.3) is 6.08 Å². The van der Waals surface area contributed by atoms with Gasteiger partial charge in [-0.25, -0.2) is 0 Å². The highest BCUT2D eigenvalue weighted by molar-refractivity contribution is 9.10. The Bertz CT molecular complexity index is 1320. The number of amides is 2. The van der Waals surface area contributed by atoms with Gasteiger partial charge in [-0.15, -0.1) is 0 Å². The third-order valence-corrected chi connectivity index (χ3v) is 7.13. The minimum absolute atomic E-state index is 0.215. The van der Waals surface area contributed by atoms with Crippen molar-refractivity contribution in [1.82, 2.24) is 10.4 Å². The zero-order chi connectivity index (χ0) is 24.2. The van der Waals surface area contributed by atoms with E-state index in [9.17, 15) is 9.59 Å². The summed E-state index contributed by atoms with van der Waals surface area (Å²) in [7, 11) is 0. The van der Waals surface area contributed by atoms with Crippen LogP contribution < -0.4 is 10.2 Å². The van der Waals surface area contributed by atoms with Gasteiger partial charge < -0.3 is 4.74 Å². The second-order valence-electron chi connectivity index (χ2n) is 7.03. The minimum Gasteiger partial charge on any atom is -0.488 e. The van der Waals surface area contributed by atoms with Crippen LogP contribution in [0.4, 0.5) is 0 Å². The molecule has 1 N–H and O–H groups in total. The molecule has 10 heteroatoms. The summed E-state index contributed by atoms with van der Waals surface area (Å²) < 4.78 is 7.02. The molecular weight excluding hydrogens is 579 g/mol. The van der Waals surface area contributed by atoms with Gasteiger partial charge in [-0.3, -0.25) is 15.0 Å². The van der Waals surface area contributed by atoms with Gasteiger partial charge in [0.05, 0.1) is 4.91 Å². The van der Waals surface area contributed by atoms with Gasteiger partial charge in [0.25, 0.3) is 11.8 Å². The lowest BCUT2D eigenvalue weighted by Gasteiger charge is -2.15. The number of hydrogen-bond donors (Lipinski definition) is 1. The highest BCUT2D eigenvalue weighted by Gasteiger charge is 2.34. The first-order valence-electron chi connectivity index (χ1n) is 9.82. The van der Waals surface area contributed by atoms with Crippen LogP contribution in [0, 0.1) is 0 Å². The van der Waals surface area contributed by atoms with E-state index >= 15 is 0 Å².